The highest BCUT2D eigenvalue weighted by molar-refractivity contribution is 4.75. The van der Waals surface area contributed by atoms with E-state index in [9.17, 15) is 0 Å². The largest absolute Gasteiger partial charge is 0.317 e. The van der Waals surface area contributed by atoms with Crippen LogP contribution in [0.15, 0.2) is 0 Å². The molecule has 0 aliphatic heterocycles. The molecule has 0 amide bonds. The predicted octanol–water partition coefficient (Wildman–Crippen LogP) is 2.91. The van der Waals surface area contributed by atoms with Crippen LogP contribution in [0.1, 0.15) is 41.0 Å². The molecule has 74 valence electrons. The van der Waals surface area contributed by atoms with Gasteiger partial charge in [0.05, 0.1) is 0 Å². The molecule has 12 heavy (non-hydrogen) atoms. The lowest BCUT2D eigenvalue weighted by atomic mass is 9.86. The molecule has 0 aromatic heterocycles. The summed E-state index contributed by atoms with van der Waals surface area (Å²) in [7, 11) is 2.08. The van der Waals surface area contributed by atoms with E-state index in [0.717, 1.165) is 17.8 Å². The van der Waals surface area contributed by atoms with Gasteiger partial charge in [-0.3, -0.25) is 0 Å². The lowest BCUT2D eigenvalue weighted by molar-refractivity contribution is 0.276. The van der Waals surface area contributed by atoms with Crippen molar-refractivity contribution in [2.24, 2.45) is 17.8 Å². The smallest absolute Gasteiger partial charge is 0.00945 e. The van der Waals surface area contributed by atoms with Gasteiger partial charge in [-0.25, -0.2) is 0 Å². The van der Waals surface area contributed by atoms with Gasteiger partial charge in [-0.05, 0) is 31.2 Å². The van der Waals surface area contributed by atoms with E-state index in [0.29, 0.717) is 6.04 Å². The molecule has 2 unspecified atom stereocenters. The van der Waals surface area contributed by atoms with Crippen LogP contribution in [0.5, 0.6) is 0 Å². The SMILES string of the molecule is CNC(CC(C)C)C(C)C(C)C. The van der Waals surface area contributed by atoms with Crippen molar-refractivity contribution in [1.29, 1.82) is 0 Å². The number of nitrogens with one attached hydrogen (secondary N) is 1. The Morgan fingerprint density at radius 1 is 1.00 bits per heavy atom. The first kappa shape index (κ1) is 12.0. The van der Waals surface area contributed by atoms with Crippen molar-refractivity contribution in [2.75, 3.05) is 7.05 Å². The molecule has 1 N–H and O–H groups in total. The Hall–Kier alpha value is -0.0400. The minimum atomic E-state index is 0.685. The van der Waals surface area contributed by atoms with Crippen molar-refractivity contribution in [3.8, 4) is 0 Å². The summed E-state index contributed by atoms with van der Waals surface area (Å²) in [5.74, 6) is 2.35. The Morgan fingerprint density at radius 3 is 1.75 bits per heavy atom. The Kier molecular flexibility index (Phi) is 5.56. The van der Waals surface area contributed by atoms with Gasteiger partial charge >= 0.3 is 0 Å². The van der Waals surface area contributed by atoms with E-state index in [4.69, 9.17) is 0 Å². The van der Waals surface area contributed by atoms with E-state index in [-0.39, 0.29) is 0 Å². The normalized spacial score (nSPS) is 17.0. The standard InChI is InChI=1S/C11H25N/c1-8(2)7-11(12-6)10(5)9(3)4/h8-12H,7H2,1-6H3. The second-order valence-electron chi connectivity index (χ2n) is 4.63. The minimum absolute atomic E-state index is 0.685. The Balaban J connectivity index is 3.96. The molecule has 0 spiro atoms. The molecule has 0 fully saturated rings. The second-order valence-corrected chi connectivity index (χ2v) is 4.63. The van der Waals surface area contributed by atoms with Gasteiger partial charge in [0.25, 0.3) is 0 Å². The quantitative estimate of drug-likeness (QED) is 0.670. The Labute approximate surface area is 77.9 Å². The first-order chi connectivity index (χ1) is 5.49. The van der Waals surface area contributed by atoms with Crippen molar-refractivity contribution < 1.29 is 0 Å². The lowest BCUT2D eigenvalue weighted by Crippen LogP contribution is -2.35. The molecule has 2 atom stereocenters. The maximum Gasteiger partial charge on any atom is 0.00945 e. The van der Waals surface area contributed by atoms with Gasteiger partial charge < -0.3 is 5.32 Å². The van der Waals surface area contributed by atoms with Crippen LogP contribution in [-0.4, -0.2) is 13.1 Å². The van der Waals surface area contributed by atoms with Crippen molar-refractivity contribution in [1.82, 2.24) is 5.32 Å². The lowest BCUT2D eigenvalue weighted by Gasteiger charge is -2.28. The molecular weight excluding hydrogens is 146 g/mol. The molecule has 0 saturated heterocycles. The summed E-state index contributed by atoms with van der Waals surface area (Å²) in [6.07, 6.45) is 1.29. The summed E-state index contributed by atoms with van der Waals surface area (Å²) in [5, 5.41) is 3.41. The third-order valence-electron chi connectivity index (χ3n) is 2.78. The molecular formula is C11H25N. The van der Waals surface area contributed by atoms with E-state index in [1.54, 1.807) is 0 Å². The highest BCUT2D eigenvalue weighted by Gasteiger charge is 2.18. The summed E-state index contributed by atoms with van der Waals surface area (Å²) in [4.78, 5) is 0. The van der Waals surface area contributed by atoms with E-state index in [2.05, 4.69) is 47.0 Å². The van der Waals surface area contributed by atoms with Crippen LogP contribution in [-0.2, 0) is 0 Å². The van der Waals surface area contributed by atoms with E-state index in [1.807, 2.05) is 0 Å². The monoisotopic (exact) mass is 171 g/mol. The zero-order chi connectivity index (χ0) is 9.72. The first-order valence-electron chi connectivity index (χ1n) is 5.16. The number of hydrogen-bond donors (Lipinski definition) is 1. The second kappa shape index (κ2) is 5.58. The molecule has 0 aliphatic rings. The van der Waals surface area contributed by atoms with E-state index in [1.165, 1.54) is 6.42 Å². The average molecular weight is 171 g/mol. The maximum absolute atomic E-state index is 3.41. The van der Waals surface area contributed by atoms with Crippen LogP contribution in [0.2, 0.25) is 0 Å². The maximum atomic E-state index is 3.41. The summed E-state index contributed by atoms with van der Waals surface area (Å²) >= 11 is 0. The highest BCUT2D eigenvalue weighted by atomic mass is 14.9. The Bertz CT molecular complexity index is 108. The fourth-order valence-electron chi connectivity index (χ4n) is 1.57. The van der Waals surface area contributed by atoms with Crippen LogP contribution >= 0.6 is 0 Å². The average Bonchev–Trinajstić information content (AvgIpc) is 1.98. The van der Waals surface area contributed by atoms with Gasteiger partial charge in [0.15, 0.2) is 0 Å². The predicted molar refractivity (Wildman–Crippen MR) is 56.3 cm³/mol. The van der Waals surface area contributed by atoms with Crippen LogP contribution < -0.4 is 5.32 Å². The van der Waals surface area contributed by atoms with Gasteiger partial charge in [0.1, 0.15) is 0 Å². The molecule has 0 saturated carbocycles. The van der Waals surface area contributed by atoms with Crippen molar-refractivity contribution in [2.45, 2.75) is 47.1 Å². The first-order valence-corrected chi connectivity index (χ1v) is 5.16. The third-order valence-corrected chi connectivity index (χ3v) is 2.78. The van der Waals surface area contributed by atoms with Gasteiger partial charge in [-0.2, -0.15) is 0 Å². The molecule has 0 heterocycles. The molecule has 0 aromatic carbocycles. The minimum Gasteiger partial charge on any atom is -0.317 e. The topological polar surface area (TPSA) is 12.0 Å². The molecule has 0 aliphatic carbocycles. The van der Waals surface area contributed by atoms with E-state index < -0.39 is 0 Å². The molecule has 0 bridgehead atoms. The summed E-state index contributed by atoms with van der Waals surface area (Å²) in [6.45, 7) is 11.5. The summed E-state index contributed by atoms with van der Waals surface area (Å²) in [5.41, 5.74) is 0. The van der Waals surface area contributed by atoms with Gasteiger partial charge in [0, 0.05) is 6.04 Å². The summed E-state index contributed by atoms with van der Waals surface area (Å²) < 4.78 is 0. The fraction of sp³-hybridized carbons (Fsp3) is 1.00. The number of rotatable bonds is 5. The molecule has 1 nitrogen and oxygen atoms in total. The van der Waals surface area contributed by atoms with Crippen molar-refractivity contribution in [3.63, 3.8) is 0 Å². The van der Waals surface area contributed by atoms with E-state index >= 15 is 0 Å². The highest BCUT2D eigenvalue weighted by Crippen LogP contribution is 2.19. The van der Waals surface area contributed by atoms with Crippen molar-refractivity contribution >= 4 is 0 Å². The van der Waals surface area contributed by atoms with Gasteiger partial charge in [-0.1, -0.05) is 34.6 Å². The summed E-state index contributed by atoms with van der Waals surface area (Å²) in [6, 6.07) is 0.685. The molecule has 0 aromatic rings. The molecule has 0 radical (unpaired) electrons. The van der Waals surface area contributed by atoms with Gasteiger partial charge in [-0.15, -0.1) is 0 Å². The third kappa shape index (κ3) is 4.10. The Morgan fingerprint density at radius 2 is 1.50 bits per heavy atom. The fourth-order valence-corrected chi connectivity index (χ4v) is 1.57. The van der Waals surface area contributed by atoms with Crippen LogP contribution in [0.3, 0.4) is 0 Å². The molecule has 0 rings (SSSR count). The number of hydrogen-bond acceptors (Lipinski definition) is 1. The molecule has 1 heteroatoms. The zero-order valence-electron chi connectivity index (χ0n) is 9.52. The van der Waals surface area contributed by atoms with Crippen molar-refractivity contribution in [3.05, 3.63) is 0 Å². The van der Waals surface area contributed by atoms with Crippen LogP contribution in [0, 0.1) is 17.8 Å². The zero-order valence-corrected chi connectivity index (χ0v) is 9.52. The van der Waals surface area contributed by atoms with Gasteiger partial charge in [0.2, 0.25) is 0 Å². The van der Waals surface area contributed by atoms with Crippen LogP contribution in [0.4, 0.5) is 0 Å². The van der Waals surface area contributed by atoms with Crippen LogP contribution in [0.25, 0.3) is 0 Å².